The molecule has 21 heavy (non-hydrogen) atoms. The third kappa shape index (κ3) is 3.70. The quantitative estimate of drug-likeness (QED) is 0.824. The maximum absolute atomic E-state index is 6.37. The molecule has 2 rings (SSSR count). The highest BCUT2D eigenvalue weighted by atomic mass is 35.5. The van der Waals surface area contributed by atoms with E-state index in [1.54, 1.807) is 25.6 Å². The van der Waals surface area contributed by atoms with E-state index in [-0.39, 0.29) is 0 Å². The first-order chi connectivity index (χ1) is 10.2. The molecule has 5 heteroatoms. The molecule has 0 unspecified atom stereocenters. The summed E-state index contributed by atoms with van der Waals surface area (Å²) in [6, 6.07) is 6.03. The van der Waals surface area contributed by atoms with E-state index >= 15 is 0 Å². The van der Waals surface area contributed by atoms with Crippen molar-refractivity contribution >= 4 is 22.9 Å². The highest BCUT2D eigenvalue weighted by Crippen LogP contribution is 2.37. The van der Waals surface area contributed by atoms with Crippen LogP contribution in [0.15, 0.2) is 23.6 Å². The van der Waals surface area contributed by atoms with Crippen LogP contribution in [0.3, 0.4) is 0 Å². The van der Waals surface area contributed by atoms with Gasteiger partial charge in [-0.25, -0.2) is 0 Å². The number of benzene rings is 1. The van der Waals surface area contributed by atoms with E-state index in [9.17, 15) is 0 Å². The topological polar surface area (TPSA) is 30.5 Å². The summed E-state index contributed by atoms with van der Waals surface area (Å²) in [5, 5.41) is 6.18. The highest BCUT2D eigenvalue weighted by Gasteiger charge is 2.13. The molecule has 1 N–H and O–H groups in total. The van der Waals surface area contributed by atoms with Crippen molar-refractivity contribution in [3.05, 3.63) is 44.6 Å². The number of thiophene rings is 1. The first kappa shape index (κ1) is 16.1. The number of ether oxygens (including phenoxy) is 2. The Balaban J connectivity index is 2.03. The van der Waals surface area contributed by atoms with Gasteiger partial charge in [0.05, 0.1) is 19.2 Å². The van der Waals surface area contributed by atoms with E-state index < -0.39 is 0 Å². The second-order valence-corrected chi connectivity index (χ2v) is 5.98. The Kier molecular flexibility index (Phi) is 5.91. The molecule has 1 aromatic heterocycles. The van der Waals surface area contributed by atoms with Crippen LogP contribution in [0.5, 0.6) is 11.5 Å². The van der Waals surface area contributed by atoms with Gasteiger partial charge in [0.1, 0.15) is 0 Å². The minimum Gasteiger partial charge on any atom is -0.493 e. The Morgan fingerprint density at radius 2 is 1.90 bits per heavy atom. The minimum atomic E-state index is 0.587. The number of rotatable bonds is 7. The van der Waals surface area contributed by atoms with Crippen LogP contribution < -0.4 is 14.8 Å². The van der Waals surface area contributed by atoms with Crippen molar-refractivity contribution in [2.45, 2.75) is 26.4 Å². The standard InChI is InChI=1S/C16H20ClNO2S/c1-4-11-7-8-21-14(11)10-18-9-12-5-6-13(19-2)16(20-3)15(12)17/h5-8,18H,4,9-10H2,1-3H3. The Morgan fingerprint density at radius 3 is 2.57 bits per heavy atom. The molecule has 114 valence electrons. The molecular weight excluding hydrogens is 306 g/mol. The molecule has 0 saturated heterocycles. The molecule has 0 radical (unpaired) electrons. The minimum absolute atomic E-state index is 0.587. The van der Waals surface area contributed by atoms with E-state index in [2.05, 4.69) is 23.7 Å². The second kappa shape index (κ2) is 7.69. The van der Waals surface area contributed by atoms with Gasteiger partial charge in [0.25, 0.3) is 0 Å². The van der Waals surface area contributed by atoms with Gasteiger partial charge in [0.2, 0.25) is 0 Å². The Morgan fingerprint density at radius 1 is 1.10 bits per heavy atom. The zero-order valence-corrected chi connectivity index (χ0v) is 14.1. The van der Waals surface area contributed by atoms with Crippen LogP contribution in [-0.2, 0) is 19.5 Å². The fourth-order valence-corrected chi connectivity index (χ4v) is 3.46. The maximum atomic E-state index is 6.37. The molecule has 0 saturated carbocycles. The predicted octanol–water partition coefficient (Wildman–Crippen LogP) is 4.27. The van der Waals surface area contributed by atoms with Crippen LogP contribution in [0, 0.1) is 0 Å². The molecular formula is C16H20ClNO2S. The largest absolute Gasteiger partial charge is 0.493 e. The first-order valence-corrected chi connectivity index (χ1v) is 8.12. The Labute approximate surface area is 134 Å². The zero-order valence-electron chi connectivity index (χ0n) is 12.5. The average molecular weight is 326 g/mol. The number of hydrogen-bond donors (Lipinski definition) is 1. The zero-order chi connectivity index (χ0) is 15.2. The van der Waals surface area contributed by atoms with Crippen LogP contribution in [0.4, 0.5) is 0 Å². The van der Waals surface area contributed by atoms with Crippen molar-refractivity contribution in [2.24, 2.45) is 0 Å². The number of aryl methyl sites for hydroxylation is 1. The summed E-state index contributed by atoms with van der Waals surface area (Å²) in [5.41, 5.74) is 2.41. The monoisotopic (exact) mass is 325 g/mol. The Bertz CT molecular complexity index is 598. The SMILES string of the molecule is CCc1ccsc1CNCc1ccc(OC)c(OC)c1Cl. The third-order valence-corrected chi connectivity index (χ3v) is 4.76. The lowest BCUT2D eigenvalue weighted by atomic mass is 10.2. The highest BCUT2D eigenvalue weighted by molar-refractivity contribution is 7.10. The van der Waals surface area contributed by atoms with Crippen LogP contribution in [0.1, 0.15) is 22.9 Å². The van der Waals surface area contributed by atoms with Crippen LogP contribution in [0.2, 0.25) is 5.02 Å². The fourth-order valence-electron chi connectivity index (χ4n) is 2.21. The van der Waals surface area contributed by atoms with Gasteiger partial charge in [-0.05, 0) is 35.1 Å². The molecule has 0 bridgehead atoms. The third-order valence-electron chi connectivity index (χ3n) is 3.38. The molecule has 0 amide bonds. The lowest BCUT2D eigenvalue weighted by molar-refractivity contribution is 0.354. The molecule has 0 spiro atoms. The van der Waals surface area contributed by atoms with Crippen molar-refractivity contribution in [2.75, 3.05) is 14.2 Å². The predicted molar refractivity (Wildman–Crippen MR) is 88.8 cm³/mol. The van der Waals surface area contributed by atoms with Gasteiger partial charge in [-0.3, -0.25) is 0 Å². The summed E-state index contributed by atoms with van der Waals surface area (Å²) in [4.78, 5) is 1.38. The Hall–Kier alpha value is -1.23. The van der Waals surface area contributed by atoms with Gasteiger partial charge in [0.15, 0.2) is 11.5 Å². The molecule has 0 aliphatic carbocycles. The van der Waals surface area contributed by atoms with Crippen LogP contribution >= 0.6 is 22.9 Å². The number of halogens is 1. The second-order valence-electron chi connectivity index (χ2n) is 4.60. The molecule has 2 aromatic rings. The van der Waals surface area contributed by atoms with Gasteiger partial charge in [0, 0.05) is 18.0 Å². The first-order valence-electron chi connectivity index (χ1n) is 6.86. The number of nitrogens with one attached hydrogen (secondary N) is 1. The normalized spacial score (nSPS) is 10.7. The van der Waals surface area contributed by atoms with Crippen LogP contribution in [0.25, 0.3) is 0 Å². The van der Waals surface area contributed by atoms with Gasteiger partial charge in [-0.15, -0.1) is 11.3 Å². The summed E-state index contributed by atoms with van der Waals surface area (Å²) in [5.74, 6) is 1.24. The summed E-state index contributed by atoms with van der Waals surface area (Å²) < 4.78 is 10.6. The molecule has 0 aliphatic rings. The number of methoxy groups -OCH3 is 2. The van der Waals surface area contributed by atoms with E-state index in [4.69, 9.17) is 21.1 Å². The molecule has 0 atom stereocenters. The van der Waals surface area contributed by atoms with Crippen molar-refractivity contribution in [3.63, 3.8) is 0 Å². The van der Waals surface area contributed by atoms with Crippen molar-refractivity contribution in [3.8, 4) is 11.5 Å². The van der Waals surface area contributed by atoms with Gasteiger partial charge < -0.3 is 14.8 Å². The summed E-state index contributed by atoms with van der Waals surface area (Å²) in [7, 11) is 3.20. The molecule has 0 aliphatic heterocycles. The van der Waals surface area contributed by atoms with E-state index in [0.717, 1.165) is 18.5 Å². The van der Waals surface area contributed by atoms with Gasteiger partial charge in [-0.1, -0.05) is 24.6 Å². The molecule has 0 fully saturated rings. The molecule has 3 nitrogen and oxygen atoms in total. The summed E-state index contributed by atoms with van der Waals surface area (Å²) in [6.45, 7) is 3.72. The average Bonchev–Trinajstić information content (AvgIpc) is 2.96. The molecule has 1 heterocycles. The van der Waals surface area contributed by atoms with Crippen molar-refractivity contribution in [1.82, 2.24) is 5.32 Å². The molecule has 1 aromatic carbocycles. The van der Waals surface area contributed by atoms with Crippen molar-refractivity contribution < 1.29 is 9.47 Å². The lowest BCUT2D eigenvalue weighted by Gasteiger charge is -2.13. The smallest absolute Gasteiger partial charge is 0.179 e. The van der Waals surface area contributed by atoms with Gasteiger partial charge in [-0.2, -0.15) is 0 Å². The summed E-state index contributed by atoms with van der Waals surface area (Å²) in [6.07, 6.45) is 1.07. The van der Waals surface area contributed by atoms with E-state index in [1.165, 1.54) is 10.4 Å². The van der Waals surface area contributed by atoms with Crippen molar-refractivity contribution in [1.29, 1.82) is 0 Å². The van der Waals surface area contributed by atoms with Gasteiger partial charge >= 0.3 is 0 Å². The number of hydrogen-bond acceptors (Lipinski definition) is 4. The fraction of sp³-hybridized carbons (Fsp3) is 0.375. The maximum Gasteiger partial charge on any atom is 0.179 e. The summed E-state index contributed by atoms with van der Waals surface area (Å²) >= 11 is 8.16. The van der Waals surface area contributed by atoms with Crippen LogP contribution in [-0.4, -0.2) is 14.2 Å². The van der Waals surface area contributed by atoms with E-state index in [0.29, 0.717) is 23.1 Å². The van der Waals surface area contributed by atoms with E-state index in [1.807, 2.05) is 12.1 Å². The lowest BCUT2D eigenvalue weighted by Crippen LogP contribution is -2.13.